The number of hydrogen-bond acceptors (Lipinski definition) is 6. The van der Waals surface area contributed by atoms with Crippen molar-refractivity contribution in [2.24, 2.45) is 0 Å². The third kappa shape index (κ3) is 5.00. The maximum Gasteiger partial charge on any atom is 0.201 e. The van der Waals surface area contributed by atoms with Crippen molar-refractivity contribution in [1.82, 2.24) is 9.88 Å². The zero-order valence-corrected chi connectivity index (χ0v) is 19.2. The highest BCUT2D eigenvalue weighted by atomic mass is 32.2. The monoisotopic (exact) mass is 478 g/mol. The lowest BCUT2D eigenvalue weighted by Gasteiger charge is -2.36. The summed E-state index contributed by atoms with van der Waals surface area (Å²) >= 11 is 1.24. The van der Waals surface area contributed by atoms with E-state index in [1.807, 2.05) is 18.2 Å². The maximum absolute atomic E-state index is 14.7. The summed E-state index contributed by atoms with van der Waals surface area (Å²) in [7, 11) is -4.06. The zero-order valence-electron chi connectivity index (χ0n) is 17.6. The van der Waals surface area contributed by atoms with Crippen molar-refractivity contribution in [1.29, 1.82) is 0 Å². The zero-order chi connectivity index (χ0) is 22.7. The third-order valence-electron chi connectivity index (χ3n) is 5.77. The molecule has 170 valence electrons. The van der Waals surface area contributed by atoms with Crippen molar-refractivity contribution >= 4 is 21.2 Å². The number of halogens is 2. The molecular weight excluding hydrogens is 454 g/mol. The minimum atomic E-state index is -4.06. The van der Waals surface area contributed by atoms with E-state index in [4.69, 9.17) is 4.74 Å². The molecular formula is C23H24F2N2O3S2. The molecule has 5 nitrogen and oxygen atoms in total. The van der Waals surface area contributed by atoms with Gasteiger partial charge in [-0.3, -0.25) is 4.90 Å². The molecule has 2 heterocycles. The van der Waals surface area contributed by atoms with E-state index in [0.29, 0.717) is 18.5 Å². The van der Waals surface area contributed by atoms with Crippen molar-refractivity contribution in [2.45, 2.75) is 42.6 Å². The highest BCUT2D eigenvalue weighted by Gasteiger charge is 2.28. The first-order valence-corrected chi connectivity index (χ1v) is 13.0. The number of hydrogen-bond donors (Lipinski definition) is 0. The molecule has 1 fully saturated rings. The van der Waals surface area contributed by atoms with Crippen molar-refractivity contribution < 1.29 is 21.9 Å². The van der Waals surface area contributed by atoms with Gasteiger partial charge in [0.2, 0.25) is 5.82 Å². The van der Waals surface area contributed by atoms with Gasteiger partial charge in [0.25, 0.3) is 0 Å². The van der Waals surface area contributed by atoms with E-state index in [2.05, 4.69) is 28.9 Å². The first-order chi connectivity index (χ1) is 15.3. The van der Waals surface area contributed by atoms with Crippen LogP contribution in [-0.4, -0.2) is 37.5 Å². The number of ether oxygens (including phenoxy) is 1. The first kappa shape index (κ1) is 22.8. The summed E-state index contributed by atoms with van der Waals surface area (Å²) in [6.07, 6.45) is 1.07. The average molecular weight is 479 g/mol. The first-order valence-electron chi connectivity index (χ1n) is 10.4. The lowest BCUT2D eigenvalue weighted by atomic mass is 10.0. The number of benzene rings is 2. The van der Waals surface area contributed by atoms with Gasteiger partial charge in [0, 0.05) is 24.5 Å². The predicted octanol–water partition coefficient (Wildman–Crippen LogP) is 5.00. The summed E-state index contributed by atoms with van der Waals surface area (Å²) in [6, 6.07) is 12.7. The van der Waals surface area contributed by atoms with Gasteiger partial charge in [0.05, 0.1) is 17.0 Å². The molecule has 2 aromatic carbocycles. The van der Waals surface area contributed by atoms with Crippen LogP contribution in [0.1, 0.15) is 37.1 Å². The van der Waals surface area contributed by atoms with E-state index in [1.54, 1.807) is 5.38 Å². The van der Waals surface area contributed by atoms with Crippen LogP contribution in [0.3, 0.4) is 0 Å². The molecule has 0 unspecified atom stereocenters. The summed E-state index contributed by atoms with van der Waals surface area (Å²) in [5.41, 5.74) is 3.02. The van der Waals surface area contributed by atoms with Crippen LogP contribution in [0.15, 0.2) is 58.3 Å². The smallest absolute Gasteiger partial charge is 0.201 e. The summed E-state index contributed by atoms with van der Waals surface area (Å²) < 4.78 is 60.0. The topological polar surface area (TPSA) is 59.5 Å². The van der Waals surface area contributed by atoms with Gasteiger partial charge in [-0.2, -0.15) is 4.39 Å². The summed E-state index contributed by atoms with van der Waals surface area (Å²) in [5.74, 6) is -3.42. The normalized spacial score (nSPS) is 16.7. The molecule has 3 aromatic rings. The molecule has 32 heavy (non-hydrogen) atoms. The van der Waals surface area contributed by atoms with Gasteiger partial charge in [-0.05, 0) is 37.5 Å². The molecule has 1 saturated heterocycles. The Bertz CT molecular complexity index is 1150. The van der Waals surface area contributed by atoms with E-state index >= 15 is 0 Å². The Hall–Kier alpha value is -2.36. The summed E-state index contributed by atoms with van der Waals surface area (Å²) in [5, 5.41) is 1.56. The van der Waals surface area contributed by atoms with E-state index in [1.165, 1.54) is 28.5 Å². The number of nitrogens with zero attached hydrogens (tertiary/aromatic N) is 2. The maximum atomic E-state index is 14.7. The Morgan fingerprint density at radius 1 is 1.12 bits per heavy atom. The van der Waals surface area contributed by atoms with Crippen LogP contribution >= 0.6 is 11.3 Å². The second-order valence-electron chi connectivity index (χ2n) is 7.87. The highest BCUT2D eigenvalue weighted by molar-refractivity contribution is 7.90. The quantitative estimate of drug-likeness (QED) is 0.478. The molecule has 0 amide bonds. The van der Waals surface area contributed by atoms with Gasteiger partial charge in [-0.1, -0.05) is 30.3 Å². The second kappa shape index (κ2) is 9.64. The van der Waals surface area contributed by atoms with Crippen molar-refractivity contribution in [3.05, 3.63) is 76.2 Å². The number of aromatic nitrogens is 1. The van der Waals surface area contributed by atoms with Crippen LogP contribution in [0, 0.1) is 11.6 Å². The third-order valence-corrected chi connectivity index (χ3v) is 8.06. The predicted molar refractivity (Wildman–Crippen MR) is 119 cm³/mol. The van der Waals surface area contributed by atoms with Crippen molar-refractivity contribution in [3.8, 4) is 5.75 Å². The Kier molecular flexibility index (Phi) is 6.88. The number of thiazole rings is 1. The van der Waals surface area contributed by atoms with E-state index in [0.717, 1.165) is 19.2 Å². The summed E-state index contributed by atoms with van der Waals surface area (Å²) in [6.45, 7) is 3.69. The summed E-state index contributed by atoms with van der Waals surface area (Å²) in [4.78, 5) is 5.56. The molecule has 0 radical (unpaired) electrons. The van der Waals surface area contributed by atoms with Crippen LogP contribution < -0.4 is 4.74 Å². The number of rotatable bonds is 7. The lowest BCUT2D eigenvalue weighted by molar-refractivity contribution is 0.0765. The van der Waals surface area contributed by atoms with E-state index in [9.17, 15) is 17.2 Å². The minimum absolute atomic E-state index is 0.258. The molecule has 0 spiro atoms. The van der Waals surface area contributed by atoms with Crippen LogP contribution in [0.5, 0.6) is 5.75 Å². The minimum Gasteiger partial charge on any atom is -0.487 e. The molecule has 0 aliphatic carbocycles. The fraction of sp³-hybridized carbons (Fsp3) is 0.348. The van der Waals surface area contributed by atoms with Crippen LogP contribution in [0.2, 0.25) is 0 Å². The van der Waals surface area contributed by atoms with Crippen molar-refractivity contribution in [3.63, 3.8) is 0 Å². The second-order valence-corrected chi connectivity index (χ2v) is 10.5. The molecule has 0 N–H and O–H groups in total. The Balaban J connectivity index is 1.41. The Morgan fingerprint density at radius 3 is 2.50 bits per heavy atom. The molecule has 0 bridgehead atoms. The van der Waals surface area contributed by atoms with Gasteiger partial charge >= 0.3 is 0 Å². The molecule has 1 aliphatic rings. The average Bonchev–Trinajstić information content (AvgIpc) is 3.30. The van der Waals surface area contributed by atoms with E-state index < -0.39 is 32.1 Å². The molecule has 0 saturated carbocycles. The van der Waals surface area contributed by atoms with Crippen LogP contribution in [0.25, 0.3) is 0 Å². The number of piperidine rings is 1. The molecule has 1 aliphatic heterocycles. The molecule has 1 aromatic heterocycles. The van der Waals surface area contributed by atoms with Crippen molar-refractivity contribution in [2.75, 3.05) is 13.1 Å². The molecule has 9 heteroatoms. The molecule has 1 atom stereocenters. The highest BCUT2D eigenvalue weighted by Crippen LogP contribution is 2.31. The number of sulfone groups is 1. The largest absolute Gasteiger partial charge is 0.487 e. The fourth-order valence-corrected chi connectivity index (χ4v) is 5.93. The van der Waals surface area contributed by atoms with Crippen LogP contribution in [0.4, 0.5) is 8.78 Å². The van der Waals surface area contributed by atoms with Gasteiger partial charge in [-0.25, -0.2) is 17.8 Å². The van der Waals surface area contributed by atoms with Gasteiger partial charge in [0.1, 0.15) is 11.0 Å². The Labute approximate surface area is 190 Å². The van der Waals surface area contributed by atoms with Crippen LogP contribution in [-0.2, 0) is 15.6 Å². The Morgan fingerprint density at radius 2 is 1.84 bits per heavy atom. The molecule has 4 rings (SSSR count). The SMILES string of the molecule is C[C@H](c1ccccc1)N1CCC(Oc2ccc(S(=O)(=O)Cc3cscn3)c(F)c2F)CC1. The van der Waals surface area contributed by atoms with Gasteiger partial charge < -0.3 is 4.74 Å². The number of likely N-dealkylation sites (tertiary alicyclic amines) is 1. The fourth-order valence-electron chi connectivity index (χ4n) is 3.93. The standard InChI is InChI=1S/C23H24F2N2O3S2/c1-16(17-5-3-2-4-6-17)27-11-9-19(10-12-27)30-20-7-8-21(23(25)22(20)24)32(28,29)14-18-13-31-15-26-18/h2-8,13,15-16,19H,9-12,14H2,1H3/t16-/m1/s1. The van der Waals surface area contributed by atoms with Gasteiger partial charge in [0.15, 0.2) is 21.4 Å². The van der Waals surface area contributed by atoms with E-state index in [-0.39, 0.29) is 17.9 Å². The lowest BCUT2D eigenvalue weighted by Crippen LogP contribution is -2.39. The van der Waals surface area contributed by atoms with Gasteiger partial charge in [-0.15, -0.1) is 11.3 Å².